The van der Waals surface area contributed by atoms with Crippen molar-refractivity contribution in [3.8, 4) is 5.75 Å². The van der Waals surface area contributed by atoms with Gasteiger partial charge in [0.15, 0.2) is 9.84 Å². The van der Waals surface area contributed by atoms with Crippen LogP contribution >= 0.6 is 0 Å². The summed E-state index contributed by atoms with van der Waals surface area (Å²) in [5, 5.41) is 1.13. The van der Waals surface area contributed by atoms with E-state index in [1.54, 1.807) is 24.5 Å². The summed E-state index contributed by atoms with van der Waals surface area (Å²) in [4.78, 5) is 18.3. The van der Waals surface area contributed by atoms with Gasteiger partial charge in [-0.05, 0) is 41.5 Å². The quantitative estimate of drug-likeness (QED) is 0.704. The van der Waals surface area contributed by atoms with Crippen LogP contribution < -0.4 is 4.74 Å². The third-order valence-corrected chi connectivity index (χ3v) is 5.62. The van der Waals surface area contributed by atoms with Crippen LogP contribution in [0.4, 0.5) is 8.78 Å². The van der Waals surface area contributed by atoms with Crippen molar-refractivity contribution in [1.29, 1.82) is 0 Å². The number of hydrogen-bond acceptors (Lipinski definition) is 5. The van der Waals surface area contributed by atoms with Crippen LogP contribution in [0.5, 0.6) is 5.75 Å². The molecule has 1 unspecified atom stereocenters. The average molecular weight is 408 g/mol. The van der Waals surface area contributed by atoms with E-state index < -0.39 is 22.5 Å². The molecule has 2 heterocycles. The highest BCUT2D eigenvalue weighted by atomic mass is 32.2. The van der Waals surface area contributed by atoms with Crippen LogP contribution in [0.1, 0.15) is 11.1 Å². The minimum absolute atomic E-state index is 0.00432. The second kappa shape index (κ2) is 8.47. The van der Waals surface area contributed by atoms with Gasteiger partial charge in [-0.15, -0.1) is 0 Å². The van der Waals surface area contributed by atoms with Gasteiger partial charge in [0.05, 0.1) is 18.2 Å². The molecule has 1 aliphatic heterocycles. The predicted molar refractivity (Wildman–Crippen MR) is 98.3 cm³/mol. The summed E-state index contributed by atoms with van der Waals surface area (Å²) in [6.07, 6.45) is 4.71. The molecule has 0 radical (unpaired) electrons. The van der Waals surface area contributed by atoms with E-state index in [4.69, 9.17) is 0 Å². The number of carbonyl (C=O) groups is 1. The second-order valence-electron chi connectivity index (χ2n) is 6.30. The Morgan fingerprint density at radius 2 is 1.82 bits per heavy atom. The highest BCUT2D eigenvalue weighted by Crippen LogP contribution is 2.20. The molecule has 1 aliphatic rings. The van der Waals surface area contributed by atoms with E-state index >= 15 is 0 Å². The number of sulfone groups is 1. The summed E-state index contributed by atoms with van der Waals surface area (Å²) in [5.41, 5.74) is 1.43. The number of alkyl halides is 2. The molecule has 1 amide bonds. The zero-order valence-electron chi connectivity index (χ0n) is 14.7. The number of ether oxygens (including phenoxy) is 1. The molecule has 1 aromatic carbocycles. The first-order valence-corrected chi connectivity index (χ1v) is 10.2. The first-order valence-electron chi connectivity index (χ1n) is 8.45. The van der Waals surface area contributed by atoms with Gasteiger partial charge in [0.1, 0.15) is 5.75 Å². The van der Waals surface area contributed by atoms with E-state index in [0.717, 1.165) is 11.0 Å². The van der Waals surface area contributed by atoms with Crippen LogP contribution in [0.25, 0.3) is 0 Å². The number of carbonyl (C=O) groups excluding carboxylic acids is 1. The Labute approximate surface area is 161 Å². The number of nitrogens with zero attached hydrogens (tertiary/aromatic N) is 2. The van der Waals surface area contributed by atoms with Gasteiger partial charge < -0.3 is 9.64 Å². The van der Waals surface area contributed by atoms with E-state index in [1.807, 2.05) is 0 Å². The molecule has 3 rings (SSSR count). The van der Waals surface area contributed by atoms with Crippen LogP contribution in [0.15, 0.2) is 60.3 Å². The van der Waals surface area contributed by atoms with Gasteiger partial charge in [0.25, 0.3) is 0 Å². The number of amides is 1. The molecule has 0 saturated heterocycles. The van der Waals surface area contributed by atoms with Crippen LogP contribution in [0.3, 0.4) is 0 Å². The molecule has 0 saturated carbocycles. The van der Waals surface area contributed by atoms with Crippen LogP contribution in [-0.4, -0.2) is 42.6 Å². The monoisotopic (exact) mass is 408 g/mol. The maximum atomic E-state index is 12.9. The van der Waals surface area contributed by atoms with E-state index in [9.17, 15) is 22.0 Å². The molecular weight excluding hydrogens is 390 g/mol. The molecule has 148 valence electrons. The molecule has 1 atom stereocenters. The first kappa shape index (κ1) is 19.9. The average Bonchev–Trinajstić information content (AvgIpc) is 3.01. The van der Waals surface area contributed by atoms with Crippen molar-refractivity contribution in [3.63, 3.8) is 0 Å². The standard InChI is InChI=1S/C19H18F2N2O4S/c20-19(21)27-17-3-1-14(2-4-17)11-18(24)23(12-15-5-8-22-9-6-15)16-7-10-28(25,26)13-16/h1-10,16,19H,11-13H2. The van der Waals surface area contributed by atoms with Crippen molar-refractivity contribution in [1.82, 2.24) is 9.88 Å². The lowest BCUT2D eigenvalue weighted by Crippen LogP contribution is -2.41. The molecule has 0 fully saturated rings. The van der Waals surface area contributed by atoms with Gasteiger partial charge in [0.2, 0.25) is 5.91 Å². The van der Waals surface area contributed by atoms with Gasteiger partial charge in [-0.3, -0.25) is 9.78 Å². The number of benzene rings is 1. The number of rotatable bonds is 7. The first-order chi connectivity index (χ1) is 13.3. The van der Waals surface area contributed by atoms with Crippen molar-refractivity contribution < 1.29 is 26.7 Å². The third kappa shape index (κ3) is 5.35. The van der Waals surface area contributed by atoms with E-state index in [2.05, 4.69) is 9.72 Å². The van der Waals surface area contributed by atoms with Crippen molar-refractivity contribution in [2.45, 2.75) is 25.6 Å². The number of aromatic nitrogens is 1. The predicted octanol–water partition coefficient (Wildman–Crippen LogP) is 2.57. The fraction of sp³-hybridized carbons (Fsp3) is 0.263. The fourth-order valence-corrected chi connectivity index (χ4v) is 4.19. The van der Waals surface area contributed by atoms with E-state index in [1.165, 1.54) is 35.2 Å². The Kier molecular flexibility index (Phi) is 6.03. The van der Waals surface area contributed by atoms with Gasteiger partial charge in [-0.25, -0.2) is 8.42 Å². The minimum atomic E-state index is -3.33. The molecule has 0 aliphatic carbocycles. The Bertz CT molecular complexity index is 948. The Morgan fingerprint density at radius 1 is 1.14 bits per heavy atom. The summed E-state index contributed by atoms with van der Waals surface area (Å²) in [6, 6.07) is 8.73. The zero-order valence-corrected chi connectivity index (χ0v) is 15.6. The van der Waals surface area contributed by atoms with Crippen molar-refractivity contribution in [2.75, 3.05) is 5.75 Å². The van der Waals surface area contributed by atoms with Gasteiger partial charge in [-0.1, -0.05) is 12.1 Å². The molecule has 9 heteroatoms. The molecule has 28 heavy (non-hydrogen) atoms. The lowest BCUT2D eigenvalue weighted by molar-refractivity contribution is -0.132. The highest BCUT2D eigenvalue weighted by molar-refractivity contribution is 7.94. The molecule has 2 aromatic rings. The summed E-state index contributed by atoms with van der Waals surface area (Å²) >= 11 is 0. The Hall–Kier alpha value is -2.81. The zero-order chi connectivity index (χ0) is 20.1. The molecule has 0 N–H and O–H groups in total. The Morgan fingerprint density at radius 3 is 2.39 bits per heavy atom. The van der Waals surface area contributed by atoms with Gasteiger partial charge in [-0.2, -0.15) is 8.78 Å². The van der Waals surface area contributed by atoms with Crippen LogP contribution in [0.2, 0.25) is 0 Å². The number of halogens is 2. The van der Waals surface area contributed by atoms with Crippen LogP contribution in [0, 0.1) is 0 Å². The molecular formula is C19H18F2N2O4S. The topological polar surface area (TPSA) is 76.6 Å². The smallest absolute Gasteiger partial charge is 0.387 e. The van der Waals surface area contributed by atoms with Crippen molar-refractivity contribution in [2.24, 2.45) is 0 Å². The summed E-state index contributed by atoms with van der Waals surface area (Å²) in [6.45, 7) is -2.68. The molecule has 6 nitrogen and oxygen atoms in total. The SMILES string of the molecule is O=C(Cc1ccc(OC(F)F)cc1)N(Cc1ccncc1)C1C=CS(=O)(=O)C1. The second-order valence-corrected chi connectivity index (χ2v) is 8.23. The lowest BCUT2D eigenvalue weighted by atomic mass is 10.1. The number of hydrogen-bond donors (Lipinski definition) is 0. The fourth-order valence-electron chi connectivity index (χ4n) is 2.89. The normalized spacial score (nSPS) is 17.6. The number of pyridine rings is 1. The molecule has 1 aromatic heterocycles. The summed E-state index contributed by atoms with van der Waals surface area (Å²) in [5.74, 6) is -0.430. The summed E-state index contributed by atoms with van der Waals surface area (Å²) in [7, 11) is -3.33. The lowest BCUT2D eigenvalue weighted by Gasteiger charge is -2.28. The minimum Gasteiger partial charge on any atom is -0.435 e. The third-order valence-electron chi connectivity index (χ3n) is 4.24. The molecule has 0 spiro atoms. The highest BCUT2D eigenvalue weighted by Gasteiger charge is 2.30. The van der Waals surface area contributed by atoms with Crippen molar-refractivity contribution >= 4 is 15.7 Å². The van der Waals surface area contributed by atoms with Gasteiger partial charge >= 0.3 is 6.61 Å². The maximum absolute atomic E-state index is 12.9. The maximum Gasteiger partial charge on any atom is 0.387 e. The molecule has 0 bridgehead atoms. The van der Waals surface area contributed by atoms with E-state index in [0.29, 0.717) is 5.56 Å². The van der Waals surface area contributed by atoms with E-state index in [-0.39, 0.29) is 30.4 Å². The van der Waals surface area contributed by atoms with Crippen LogP contribution in [-0.2, 0) is 27.6 Å². The van der Waals surface area contributed by atoms with Crippen molar-refractivity contribution in [3.05, 3.63) is 71.4 Å². The summed E-state index contributed by atoms with van der Waals surface area (Å²) < 4.78 is 52.4. The van der Waals surface area contributed by atoms with Gasteiger partial charge in [0, 0.05) is 24.3 Å². The Balaban J connectivity index is 1.75. The largest absolute Gasteiger partial charge is 0.435 e.